The smallest absolute Gasteiger partial charge is 0.163 e. The van der Waals surface area contributed by atoms with Crippen LogP contribution in [0.1, 0.15) is 11.4 Å². The van der Waals surface area contributed by atoms with Crippen molar-refractivity contribution in [3.63, 3.8) is 0 Å². The Morgan fingerprint density at radius 3 is 1.67 bits per heavy atom. The van der Waals surface area contributed by atoms with E-state index in [2.05, 4.69) is 46.6 Å². The summed E-state index contributed by atoms with van der Waals surface area (Å²) in [5.74, 6) is 2.10. The molecule has 0 atom stereocenters. The third-order valence-electron chi connectivity index (χ3n) is 3.18. The van der Waals surface area contributed by atoms with Crippen LogP contribution in [0, 0.1) is 13.8 Å². The summed E-state index contributed by atoms with van der Waals surface area (Å²) in [6, 6.07) is 16.0. The zero-order valence-corrected chi connectivity index (χ0v) is 12.8. The second-order valence-electron chi connectivity index (χ2n) is 4.94. The first-order valence-electron chi connectivity index (χ1n) is 6.71. The lowest BCUT2D eigenvalue weighted by Crippen LogP contribution is -1.99. The molecule has 21 heavy (non-hydrogen) atoms. The van der Waals surface area contributed by atoms with Crippen LogP contribution in [0.4, 0.5) is 0 Å². The number of hydrogen-bond donors (Lipinski definition) is 1. The fourth-order valence-corrected chi connectivity index (χ4v) is 2.20. The quantitative estimate of drug-likeness (QED) is 0.723. The van der Waals surface area contributed by atoms with Gasteiger partial charge >= 0.3 is 0 Å². The average Bonchev–Trinajstić information content (AvgIpc) is 2.48. The van der Waals surface area contributed by atoms with Crippen LogP contribution in [0.5, 0.6) is 0 Å². The predicted octanol–water partition coefficient (Wildman–Crippen LogP) is 4.11. The van der Waals surface area contributed by atoms with Crippen molar-refractivity contribution in [3.05, 3.63) is 59.9 Å². The van der Waals surface area contributed by atoms with Gasteiger partial charge in [-0.05, 0) is 26.0 Å². The normalized spacial score (nSPS) is 10.6. The van der Waals surface area contributed by atoms with Crippen LogP contribution >= 0.6 is 12.6 Å². The summed E-state index contributed by atoms with van der Waals surface area (Å²) in [7, 11) is 0. The SMILES string of the molecule is Cc1ccc(-c2nc(C)nc(-c3ccc(S)cc3)n2)cc1. The van der Waals surface area contributed by atoms with E-state index in [4.69, 9.17) is 0 Å². The maximum absolute atomic E-state index is 4.59. The highest BCUT2D eigenvalue weighted by molar-refractivity contribution is 7.80. The van der Waals surface area contributed by atoms with E-state index in [0.29, 0.717) is 17.5 Å². The van der Waals surface area contributed by atoms with Crippen molar-refractivity contribution >= 4 is 12.6 Å². The lowest BCUT2D eigenvalue weighted by Gasteiger charge is -2.06. The third kappa shape index (κ3) is 3.11. The van der Waals surface area contributed by atoms with Gasteiger partial charge in [0.1, 0.15) is 5.82 Å². The highest BCUT2D eigenvalue weighted by Crippen LogP contribution is 2.21. The minimum absolute atomic E-state index is 0.686. The Morgan fingerprint density at radius 1 is 0.667 bits per heavy atom. The Kier molecular flexibility index (Phi) is 3.71. The number of thiol groups is 1. The Morgan fingerprint density at radius 2 is 1.14 bits per heavy atom. The van der Waals surface area contributed by atoms with Crippen molar-refractivity contribution in [3.8, 4) is 22.8 Å². The highest BCUT2D eigenvalue weighted by atomic mass is 32.1. The molecule has 0 bridgehead atoms. The average molecular weight is 293 g/mol. The van der Waals surface area contributed by atoms with E-state index in [9.17, 15) is 0 Å². The van der Waals surface area contributed by atoms with Crippen molar-refractivity contribution < 1.29 is 0 Å². The van der Waals surface area contributed by atoms with Crippen molar-refractivity contribution in [2.45, 2.75) is 18.7 Å². The molecule has 1 aromatic heterocycles. The van der Waals surface area contributed by atoms with Gasteiger partial charge in [-0.1, -0.05) is 42.0 Å². The first-order valence-corrected chi connectivity index (χ1v) is 7.16. The standard InChI is InChI=1S/C17H15N3S/c1-11-3-5-13(6-4-11)16-18-12(2)19-17(20-16)14-7-9-15(21)10-8-14/h3-10,21H,1-2H3. The van der Waals surface area contributed by atoms with Crippen molar-refractivity contribution in [2.24, 2.45) is 0 Å². The van der Waals surface area contributed by atoms with E-state index in [1.807, 2.05) is 43.3 Å². The number of aromatic nitrogens is 3. The van der Waals surface area contributed by atoms with Gasteiger partial charge in [-0.15, -0.1) is 12.6 Å². The van der Waals surface area contributed by atoms with Crippen LogP contribution in [-0.4, -0.2) is 15.0 Å². The molecule has 0 spiro atoms. The molecule has 0 saturated carbocycles. The van der Waals surface area contributed by atoms with Gasteiger partial charge in [-0.3, -0.25) is 0 Å². The van der Waals surface area contributed by atoms with Crippen LogP contribution in [-0.2, 0) is 0 Å². The molecule has 0 fully saturated rings. The number of benzene rings is 2. The molecule has 104 valence electrons. The molecule has 3 rings (SSSR count). The number of nitrogens with zero attached hydrogens (tertiary/aromatic N) is 3. The first-order chi connectivity index (χ1) is 10.1. The molecule has 0 N–H and O–H groups in total. The van der Waals surface area contributed by atoms with Crippen molar-refractivity contribution in [2.75, 3.05) is 0 Å². The van der Waals surface area contributed by atoms with Gasteiger partial charge in [0.2, 0.25) is 0 Å². The largest absolute Gasteiger partial charge is 0.213 e. The van der Waals surface area contributed by atoms with Crippen LogP contribution in [0.3, 0.4) is 0 Å². The monoisotopic (exact) mass is 293 g/mol. The van der Waals surface area contributed by atoms with E-state index in [-0.39, 0.29) is 0 Å². The molecular weight excluding hydrogens is 278 g/mol. The molecular formula is C17H15N3S. The lowest BCUT2D eigenvalue weighted by atomic mass is 10.1. The summed E-state index contributed by atoms with van der Waals surface area (Å²) in [6.45, 7) is 3.95. The molecule has 0 radical (unpaired) electrons. The Hall–Kier alpha value is -2.20. The molecule has 4 heteroatoms. The zero-order valence-electron chi connectivity index (χ0n) is 11.9. The number of rotatable bonds is 2. The van der Waals surface area contributed by atoms with E-state index >= 15 is 0 Å². The molecule has 0 amide bonds. The van der Waals surface area contributed by atoms with E-state index in [1.54, 1.807) is 0 Å². The summed E-state index contributed by atoms with van der Waals surface area (Å²) < 4.78 is 0. The molecule has 0 aliphatic heterocycles. The van der Waals surface area contributed by atoms with Gasteiger partial charge in [0.05, 0.1) is 0 Å². The fourth-order valence-electron chi connectivity index (χ4n) is 2.05. The molecule has 0 unspecified atom stereocenters. The highest BCUT2D eigenvalue weighted by Gasteiger charge is 2.08. The fraction of sp³-hybridized carbons (Fsp3) is 0.118. The van der Waals surface area contributed by atoms with Crippen LogP contribution < -0.4 is 0 Å². The topological polar surface area (TPSA) is 38.7 Å². The maximum Gasteiger partial charge on any atom is 0.163 e. The zero-order chi connectivity index (χ0) is 14.8. The Balaban J connectivity index is 2.07. The van der Waals surface area contributed by atoms with Gasteiger partial charge in [0.25, 0.3) is 0 Å². The van der Waals surface area contributed by atoms with Crippen LogP contribution in [0.25, 0.3) is 22.8 Å². The molecule has 2 aromatic carbocycles. The maximum atomic E-state index is 4.59. The summed E-state index contributed by atoms with van der Waals surface area (Å²) in [5.41, 5.74) is 3.18. The van der Waals surface area contributed by atoms with Gasteiger partial charge in [-0.25, -0.2) is 15.0 Å². The summed E-state index contributed by atoms with van der Waals surface area (Å²) in [5, 5.41) is 0. The minimum atomic E-state index is 0.686. The molecule has 0 saturated heterocycles. The molecule has 3 aromatic rings. The molecule has 1 heterocycles. The molecule has 0 aliphatic rings. The van der Waals surface area contributed by atoms with Gasteiger partial charge in [0.15, 0.2) is 11.6 Å². The summed E-state index contributed by atoms with van der Waals surface area (Å²) >= 11 is 4.30. The lowest BCUT2D eigenvalue weighted by molar-refractivity contribution is 0.991. The van der Waals surface area contributed by atoms with E-state index < -0.39 is 0 Å². The Bertz CT molecular complexity index is 701. The second kappa shape index (κ2) is 5.66. The second-order valence-corrected chi connectivity index (χ2v) is 5.46. The van der Waals surface area contributed by atoms with E-state index in [1.165, 1.54) is 5.56 Å². The number of aryl methyl sites for hydroxylation is 2. The first kappa shape index (κ1) is 13.8. The van der Waals surface area contributed by atoms with Gasteiger partial charge in [-0.2, -0.15) is 0 Å². The molecule has 3 nitrogen and oxygen atoms in total. The van der Waals surface area contributed by atoms with E-state index in [0.717, 1.165) is 16.0 Å². The Labute approximate surface area is 129 Å². The minimum Gasteiger partial charge on any atom is -0.213 e. The summed E-state index contributed by atoms with van der Waals surface area (Å²) in [4.78, 5) is 14.4. The number of hydrogen-bond acceptors (Lipinski definition) is 4. The predicted molar refractivity (Wildman–Crippen MR) is 87.4 cm³/mol. The third-order valence-corrected chi connectivity index (χ3v) is 3.48. The van der Waals surface area contributed by atoms with Gasteiger partial charge in [0, 0.05) is 16.0 Å². The summed E-state index contributed by atoms with van der Waals surface area (Å²) in [6.07, 6.45) is 0. The molecule has 0 aliphatic carbocycles. The van der Waals surface area contributed by atoms with Crippen LogP contribution in [0.2, 0.25) is 0 Å². The van der Waals surface area contributed by atoms with Crippen LogP contribution in [0.15, 0.2) is 53.4 Å². The van der Waals surface area contributed by atoms with Gasteiger partial charge < -0.3 is 0 Å². The van der Waals surface area contributed by atoms with Crippen molar-refractivity contribution in [1.29, 1.82) is 0 Å². The van der Waals surface area contributed by atoms with Crippen molar-refractivity contribution in [1.82, 2.24) is 15.0 Å².